The highest BCUT2D eigenvalue weighted by molar-refractivity contribution is 5.94. The second-order valence-electron chi connectivity index (χ2n) is 8.50. The lowest BCUT2D eigenvalue weighted by Crippen LogP contribution is -2.50. The summed E-state index contributed by atoms with van der Waals surface area (Å²) < 4.78 is 18.7. The Morgan fingerprint density at radius 1 is 1.21 bits per heavy atom. The minimum Gasteiger partial charge on any atom is -0.464 e. The zero-order chi connectivity index (χ0) is 24.4. The summed E-state index contributed by atoms with van der Waals surface area (Å²) in [5.74, 6) is 0.449. The number of hydrogen-bond donors (Lipinski definition) is 3. The van der Waals surface area contributed by atoms with Crippen molar-refractivity contribution in [3.63, 3.8) is 0 Å². The third-order valence-corrected chi connectivity index (χ3v) is 6.22. The number of fused-ring (bicyclic) bond motifs is 1. The molecule has 1 saturated carbocycles. The van der Waals surface area contributed by atoms with Crippen LogP contribution in [-0.4, -0.2) is 70.8 Å². The topological polar surface area (TPSA) is 148 Å². The van der Waals surface area contributed by atoms with Crippen LogP contribution in [0.1, 0.15) is 52.6 Å². The second-order valence-corrected chi connectivity index (χ2v) is 8.50. The lowest BCUT2D eigenvalue weighted by atomic mass is 9.69. The first-order valence-electron chi connectivity index (χ1n) is 12.2. The lowest BCUT2D eigenvalue weighted by molar-refractivity contribution is -0.148. The molecule has 1 aliphatic carbocycles. The summed E-state index contributed by atoms with van der Waals surface area (Å²) in [4.78, 5) is 35.5. The van der Waals surface area contributed by atoms with Crippen molar-refractivity contribution < 1.29 is 25.2 Å². The van der Waals surface area contributed by atoms with E-state index in [1.54, 1.807) is 6.92 Å². The van der Waals surface area contributed by atoms with Gasteiger partial charge in [-0.15, -0.1) is 10.2 Å². The molecule has 0 radical (unpaired) electrons. The van der Waals surface area contributed by atoms with Gasteiger partial charge in [0.05, 0.1) is 14.6 Å². The Morgan fingerprint density at radius 3 is 2.88 bits per heavy atom. The number of aromatic nitrogens is 4. The smallest absolute Gasteiger partial charge is 0.330 e. The number of esters is 2. The predicted molar refractivity (Wildman–Crippen MR) is 118 cm³/mol. The van der Waals surface area contributed by atoms with Gasteiger partial charge in [-0.05, 0) is 63.3 Å². The van der Waals surface area contributed by atoms with E-state index in [0.29, 0.717) is 37.1 Å². The summed E-state index contributed by atoms with van der Waals surface area (Å²) in [7, 11) is 0. The number of amides is 1. The van der Waals surface area contributed by atoms with Gasteiger partial charge in [0.15, 0.2) is 5.82 Å². The maximum atomic E-state index is 12.6. The third kappa shape index (κ3) is 8.23. The fraction of sp³-hybridized carbons (Fsp3) is 0.727. The van der Waals surface area contributed by atoms with E-state index < -0.39 is 23.9 Å². The summed E-state index contributed by atoms with van der Waals surface area (Å²) in [5.41, 5.74) is 0. The number of piperidine rings is 1. The molecule has 1 aromatic heterocycles. The van der Waals surface area contributed by atoms with Crippen LogP contribution in [0.25, 0.3) is 0 Å². The number of aryl methyl sites for hydroxylation is 1. The average molecular weight is 464 g/mol. The molecule has 1 amide bonds. The van der Waals surface area contributed by atoms with Crippen LogP contribution < -0.4 is 10.6 Å². The molecular weight excluding hydrogens is 428 g/mol. The number of hydrogen-bond acceptors (Lipinski definition) is 9. The second kappa shape index (κ2) is 13.0. The first kappa shape index (κ1) is 23.3. The van der Waals surface area contributed by atoms with Crippen molar-refractivity contribution in [2.45, 2.75) is 57.9 Å². The molecule has 33 heavy (non-hydrogen) atoms. The molecule has 0 aromatic carbocycles. The van der Waals surface area contributed by atoms with Gasteiger partial charge in [0.2, 0.25) is 5.91 Å². The van der Waals surface area contributed by atoms with Crippen molar-refractivity contribution in [3.8, 4) is 0 Å². The number of carbonyl (C=O) groups is 3. The van der Waals surface area contributed by atoms with Crippen molar-refractivity contribution >= 4 is 17.8 Å². The number of H-pyrrole nitrogens is 1. The van der Waals surface area contributed by atoms with E-state index in [2.05, 4.69) is 31.3 Å². The summed E-state index contributed by atoms with van der Waals surface area (Å²) in [6.45, 7) is 2.95. The number of tetrazole rings is 1. The first-order valence-corrected chi connectivity index (χ1v) is 11.7. The van der Waals surface area contributed by atoms with Crippen molar-refractivity contribution in [2.24, 2.45) is 17.8 Å². The first-order chi connectivity index (χ1) is 16.4. The monoisotopic (exact) mass is 463 g/mol. The molecule has 11 nitrogen and oxygen atoms in total. The quantitative estimate of drug-likeness (QED) is 0.245. The van der Waals surface area contributed by atoms with E-state index in [1.165, 1.54) is 0 Å². The van der Waals surface area contributed by atoms with Crippen molar-refractivity contribution in [1.29, 1.82) is 0 Å². The van der Waals surface area contributed by atoms with Crippen LogP contribution in [-0.2, 0) is 30.3 Å². The Balaban J connectivity index is 1.36. The Labute approximate surface area is 194 Å². The molecule has 1 aliphatic heterocycles. The minimum atomic E-state index is -1.44. The molecule has 11 heteroatoms. The van der Waals surface area contributed by atoms with Gasteiger partial charge in [0.25, 0.3) is 0 Å². The van der Waals surface area contributed by atoms with Crippen molar-refractivity contribution in [3.05, 3.63) is 18.0 Å². The molecular formula is C22H34N6O5. The fourth-order valence-electron chi connectivity index (χ4n) is 4.50. The van der Waals surface area contributed by atoms with Gasteiger partial charge in [-0.2, -0.15) is 5.21 Å². The summed E-state index contributed by atoms with van der Waals surface area (Å²) in [5, 5.41) is 19.8. The van der Waals surface area contributed by atoms with Gasteiger partial charge in [-0.1, -0.05) is 11.6 Å². The van der Waals surface area contributed by atoms with Gasteiger partial charge >= 0.3 is 11.9 Å². The number of ether oxygens (including phenoxy) is 2. The van der Waals surface area contributed by atoms with Crippen LogP contribution in [0.5, 0.6) is 0 Å². The number of nitrogens with one attached hydrogen (secondary N) is 3. The van der Waals surface area contributed by atoms with Gasteiger partial charge in [0, 0.05) is 25.1 Å². The molecule has 4 atom stereocenters. The largest absolute Gasteiger partial charge is 0.464 e. The number of nitrogens with zero attached hydrogens (tertiary/aromatic N) is 3. The molecule has 182 valence electrons. The Hall–Kier alpha value is -2.82. The lowest BCUT2D eigenvalue weighted by Gasteiger charge is -2.42. The maximum absolute atomic E-state index is 12.6. The van der Waals surface area contributed by atoms with Gasteiger partial charge in [0.1, 0.15) is 6.02 Å². The van der Waals surface area contributed by atoms with Gasteiger partial charge < -0.3 is 20.1 Å². The van der Waals surface area contributed by atoms with E-state index in [-0.39, 0.29) is 19.8 Å². The molecule has 2 fully saturated rings. The Kier molecular flexibility index (Phi) is 9.21. The van der Waals surface area contributed by atoms with Crippen LogP contribution in [0.3, 0.4) is 0 Å². The average Bonchev–Trinajstić information content (AvgIpc) is 3.34. The summed E-state index contributed by atoms with van der Waals surface area (Å²) in [6.07, 6.45) is 7.98. The normalized spacial score (nSPS) is 27.4. The molecule has 3 N–H and O–H groups in total. The third-order valence-electron chi connectivity index (χ3n) is 6.22. The van der Waals surface area contributed by atoms with Crippen LogP contribution >= 0.6 is 0 Å². The van der Waals surface area contributed by atoms with Crippen molar-refractivity contribution in [2.75, 3.05) is 26.3 Å². The van der Waals surface area contributed by atoms with E-state index in [9.17, 15) is 14.4 Å². The molecule has 0 bridgehead atoms. The zero-order valence-electron chi connectivity index (χ0n) is 20.0. The highest BCUT2D eigenvalue weighted by Crippen LogP contribution is 2.40. The highest BCUT2D eigenvalue weighted by Gasteiger charge is 2.38. The SMILES string of the molecule is [2H][C@@]1(C(=O)OCCCNC(=O)/C=C/C(=O)OCC)C[C@H]2C[C@@H](CCc3nn[nH]n3)CC[C@H]2CN1. The maximum Gasteiger partial charge on any atom is 0.330 e. The fourth-order valence-corrected chi connectivity index (χ4v) is 4.50. The summed E-state index contributed by atoms with van der Waals surface area (Å²) in [6, 6.07) is -1.44. The van der Waals surface area contributed by atoms with E-state index in [1.807, 2.05) is 0 Å². The Morgan fingerprint density at radius 2 is 2.09 bits per heavy atom. The number of aromatic amines is 1. The van der Waals surface area contributed by atoms with Crippen LogP contribution in [0.15, 0.2) is 12.2 Å². The van der Waals surface area contributed by atoms with Crippen LogP contribution in [0.2, 0.25) is 0 Å². The molecule has 3 rings (SSSR count). The van der Waals surface area contributed by atoms with Crippen LogP contribution in [0.4, 0.5) is 0 Å². The zero-order valence-corrected chi connectivity index (χ0v) is 19.0. The molecule has 2 aliphatic rings. The molecule has 1 saturated heterocycles. The molecule has 1 aromatic rings. The number of rotatable bonds is 11. The molecule has 0 unspecified atom stereocenters. The highest BCUT2D eigenvalue weighted by atomic mass is 16.5. The predicted octanol–water partition coefficient (Wildman–Crippen LogP) is 0.696. The number of carbonyl (C=O) groups excluding carboxylic acids is 3. The van der Waals surface area contributed by atoms with E-state index in [0.717, 1.165) is 50.1 Å². The minimum absolute atomic E-state index is 0.102. The van der Waals surface area contributed by atoms with E-state index in [4.69, 9.17) is 10.8 Å². The van der Waals surface area contributed by atoms with E-state index >= 15 is 0 Å². The standard InChI is InChI=1S/C22H34N6O5/c1-2-32-21(30)9-8-20(29)23-10-3-11-33-22(31)18-13-17-12-15(4-6-16(17)14-24-18)5-7-19-25-27-28-26-19/h8-9,15-18,24H,2-7,10-14H2,1H3,(H,23,29)(H,25,26,27,28)/b9-8+/t15-,16+,17-,18+/m1/s1/i18D. The van der Waals surface area contributed by atoms with Crippen LogP contribution in [0, 0.1) is 17.8 Å². The van der Waals surface area contributed by atoms with Gasteiger partial charge in [-0.25, -0.2) is 4.79 Å². The van der Waals surface area contributed by atoms with Gasteiger partial charge in [-0.3, -0.25) is 9.59 Å². The Bertz CT molecular complexity index is 851. The van der Waals surface area contributed by atoms with Crippen molar-refractivity contribution in [1.82, 2.24) is 31.3 Å². The summed E-state index contributed by atoms with van der Waals surface area (Å²) >= 11 is 0. The molecule has 0 spiro atoms. The molecule has 2 heterocycles.